The van der Waals surface area contributed by atoms with Crippen molar-refractivity contribution in [2.45, 2.75) is 78.2 Å². The minimum atomic E-state index is -2.05. The van der Waals surface area contributed by atoms with Crippen LogP contribution in [0.3, 0.4) is 0 Å². The van der Waals surface area contributed by atoms with Crippen LogP contribution < -0.4 is 0 Å². The van der Waals surface area contributed by atoms with Crippen molar-refractivity contribution in [3.63, 3.8) is 0 Å². The molecule has 3 aromatic heterocycles. The number of allylic oxidation sites excluding steroid dienone is 3. The molecule has 1 aliphatic heterocycles. The molecule has 0 aromatic carbocycles. The summed E-state index contributed by atoms with van der Waals surface area (Å²) < 4.78 is 49.2. The van der Waals surface area contributed by atoms with Gasteiger partial charge in [-0.05, 0) is 56.4 Å². The molecule has 0 atom stereocenters. The summed E-state index contributed by atoms with van der Waals surface area (Å²) in [7, 11) is -2.05. The number of hydrogen-bond acceptors (Lipinski definition) is 8. The molecule has 1 N–H and O–H groups in total. The predicted molar refractivity (Wildman–Crippen MR) is 181 cm³/mol. The highest BCUT2D eigenvalue weighted by molar-refractivity contribution is 7.17. The second kappa shape index (κ2) is 13.7. The predicted octanol–water partition coefficient (Wildman–Crippen LogP) is 8.37. The normalized spacial score (nSPS) is 15.1. The molecule has 0 spiro atoms. The molecule has 1 amide bonds. The van der Waals surface area contributed by atoms with Gasteiger partial charge in [-0.25, -0.2) is 18.6 Å². The third-order valence-electron chi connectivity index (χ3n) is 8.17. The van der Waals surface area contributed by atoms with E-state index in [0.29, 0.717) is 47.9 Å². The van der Waals surface area contributed by atoms with Crippen LogP contribution in [0.4, 0.5) is 13.6 Å². The van der Waals surface area contributed by atoms with E-state index in [1.54, 1.807) is 27.1 Å². The molecular formula is C33H44F2N4O5SSi. The molecule has 0 saturated carbocycles. The summed E-state index contributed by atoms with van der Waals surface area (Å²) in [6.45, 7) is 21.7. The number of carbonyl (C=O) groups is 1. The van der Waals surface area contributed by atoms with Gasteiger partial charge in [-0.15, -0.1) is 11.3 Å². The highest BCUT2D eigenvalue weighted by Crippen LogP contribution is 2.44. The average Bonchev–Trinajstić information content (AvgIpc) is 3.54. The van der Waals surface area contributed by atoms with E-state index < -0.39 is 25.8 Å². The van der Waals surface area contributed by atoms with Gasteiger partial charge in [0.2, 0.25) is 5.88 Å². The van der Waals surface area contributed by atoms with Gasteiger partial charge in [0.25, 0.3) is 0 Å². The Kier molecular flexibility index (Phi) is 10.5. The van der Waals surface area contributed by atoms with Crippen LogP contribution in [-0.4, -0.2) is 71.1 Å². The first-order valence-electron chi connectivity index (χ1n) is 15.2. The summed E-state index contributed by atoms with van der Waals surface area (Å²) in [5, 5.41) is 17.8. The van der Waals surface area contributed by atoms with Gasteiger partial charge < -0.3 is 23.9 Å². The zero-order valence-electron chi connectivity index (χ0n) is 27.9. The molecule has 4 heterocycles. The number of rotatable bonds is 9. The topological polar surface area (TPSA) is 98.9 Å². The van der Waals surface area contributed by atoms with E-state index in [-0.39, 0.29) is 53.1 Å². The third kappa shape index (κ3) is 7.87. The number of aromatic nitrogens is 3. The van der Waals surface area contributed by atoms with E-state index in [4.69, 9.17) is 19.0 Å². The zero-order valence-corrected chi connectivity index (χ0v) is 29.7. The molecule has 0 unspecified atom stereocenters. The molecule has 13 heteroatoms. The Morgan fingerprint density at radius 3 is 2.54 bits per heavy atom. The first-order valence-corrected chi connectivity index (χ1v) is 19.0. The first-order chi connectivity index (χ1) is 21.4. The van der Waals surface area contributed by atoms with Crippen molar-refractivity contribution in [3.8, 4) is 17.3 Å². The van der Waals surface area contributed by atoms with E-state index >= 15 is 4.39 Å². The number of nitrogens with zero attached hydrogens (tertiary/aromatic N) is 4. The van der Waals surface area contributed by atoms with Crippen LogP contribution in [0.15, 0.2) is 48.1 Å². The molecule has 250 valence electrons. The summed E-state index contributed by atoms with van der Waals surface area (Å²) in [4.78, 5) is 18.8. The van der Waals surface area contributed by atoms with Gasteiger partial charge in [-0.3, -0.25) is 4.68 Å². The SMILES string of the molecule is C=C(OCCO[Si](C)(C)C(C)(C)C)/C(=C(F)\C=C\F)c1c(-c2cc3n(n2)CCN(C(=O)OC(C)(C)C)CC3)nc(O)c2ccsc12. The van der Waals surface area contributed by atoms with Gasteiger partial charge in [-0.1, -0.05) is 27.4 Å². The van der Waals surface area contributed by atoms with Crippen molar-refractivity contribution in [2.24, 2.45) is 0 Å². The molecule has 0 saturated heterocycles. The van der Waals surface area contributed by atoms with Crippen molar-refractivity contribution in [1.82, 2.24) is 19.7 Å². The van der Waals surface area contributed by atoms with Crippen molar-refractivity contribution in [3.05, 3.63) is 59.3 Å². The second-order valence-corrected chi connectivity index (χ2v) is 19.4. The largest absolute Gasteiger partial charge is 0.493 e. The van der Waals surface area contributed by atoms with Crippen molar-refractivity contribution in [1.29, 1.82) is 0 Å². The minimum absolute atomic E-state index is 0.00123. The Hall–Kier alpha value is -3.55. The Balaban J connectivity index is 1.70. The molecule has 0 bridgehead atoms. The van der Waals surface area contributed by atoms with Gasteiger partial charge in [0.15, 0.2) is 8.32 Å². The van der Waals surface area contributed by atoms with Crippen LogP contribution >= 0.6 is 11.3 Å². The quantitative estimate of drug-likeness (QED) is 0.105. The summed E-state index contributed by atoms with van der Waals surface area (Å²) in [6, 6.07) is 3.49. The maximum Gasteiger partial charge on any atom is 0.410 e. The Morgan fingerprint density at radius 2 is 1.89 bits per heavy atom. The standard InChI is InChI=1S/C33H44F2N4O5SSi/c1-21(42-17-18-43-46(8,9)33(5,6)7)26(24(35)10-13-34)27-28(36-30(40)23-12-19-45-29(23)27)25-20-22-11-14-38(15-16-39(22)37-25)31(41)44-32(2,3)4/h10,12-13,19-20H,1,11,14-18H2,2-9H3,(H,36,40)/b13-10+,26-24-. The van der Waals surface area contributed by atoms with E-state index in [9.17, 15) is 14.3 Å². The van der Waals surface area contributed by atoms with Crippen LogP contribution in [0.5, 0.6) is 5.88 Å². The number of hydrogen-bond donors (Lipinski definition) is 1. The van der Waals surface area contributed by atoms with E-state index in [0.717, 1.165) is 5.69 Å². The fraction of sp³-hybridized carbons (Fsp3) is 0.485. The third-order valence-corrected chi connectivity index (χ3v) is 13.6. The Labute approximate surface area is 274 Å². The lowest BCUT2D eigenvalue weighted by Crippen LogP contribution is -2.41. The van der Waals surface area contributed by atoms with E-state index in [1.807, 2.05) is 20.8 Å². The van der Waals surface area contributed by atoms with Gasteiger partial charge in [-0.2, -0.15) is 5.10 Å². The highest BCUT2D eigenvalue weighted by Gasteiger charge is 2.37. The molecule has 0 fully saturated rings. The second-order valence-electron chi connectivity index (χ2n) is 13.7. The number of ether oxygens (including phenoxy) is 2. The number of thiophene rings is 1. The number of halogens is 2. The Morgan fingerprint density at radius 1 is 1.17 bits per heavy atom. The van der Waals surface area contributed by atoms with Crippen molar-refractivity contribution >= 4 is 41.4 Å². The fourth-order valence-electron chi connectivity index (χ4n) is 4.76. The van der Waals surface area contributed by atoms with Gasteiger partial charge >= 0.3 is 6.09 Å². The fourth-order valence-corrected chi connectivity index (χ4v) is 6.73. The molecule has 0 radical (unpaired) electrons. The van der Waals surface area contributed by atoms with Crippen LogP contribution in [0.2, 0.25) is 18.1 Å². The lowest BCUT2D eigenvalue weighted by molar-refractivity contribution is 0.0253. The van der Waals surface area contributed by atoms with Gasteiger partial charge in [0.05, 0.1) is 30.4 Å². The van der Waals surface area contributed by atoms with Crippen molar-refractivity contribution < 1.29 is 32.6 Å². The van der Waals surface area contributed by atoms with Gasteiger partial charge in [0.1, 0.15) is 35.2 Å². The number of pyridine rings is 1. The number of aromatic hydroxyl groups is 1. The number of carbonyl (C=O) groups excluding carboxylic acids is 1. The van der Waals surface area contributed by atoms with Crippen LogP contribution in [0.1, 0.15) is 52.8 Å². The first kappa shape index (κ1) is 35.3. The monoisotopic (exact) mass is 674 g/mol. The van der Waals surface area contributed by atoms with Crippen molar-refractivity contribution in [2.75, 3.05) is 26.3 Å². The molecule has 0 aliphatic carbocycles. The number of amides is 1. The van der Waals surface area contributed by atoms with Crippen LogP contribution in [0.25, 0.3) is 27.0 Å². The lowest BCUT2D eigenvalue weighted by Gasteiger charge is -2.36. The molecule has 1 aliphatic rings. The van der Waals surface area contributed by atoms with E-state index in [1.165, 1.54) is 11.3 Å². The smallest absolute Gasteiger partial charge is 0.410 e. The summed E-state index contributed by atoms with van der Waals surface area (Å²) in [6.07, 6.45) is 0.896. The lowest BCUT2D eigenvalue weighted by atomic mass is 9.98. The van der Waals surface area contributed by atoms with Gasteiger partial charge in [0, 0.05) is 41.5 Å². The van der Waals surface area contributed by atoms with E-state index in [2.05, 4.69) is 45.4 Å². The molecule has 9 nitrogen and oxygen atoms in total. The maximum absolute atomic E-state index is 15.8. The van der Waals surface area contributed by atoms with Crippen LogP contribution in [0, 0.1) is 0 Å². The average molecular weight is 675 g/mol. The summed E-state index contributed by atoms with van der Waals surface area (Å²) in [5.41, 5.74) is 0.958. The maximum atomic E-state index is 15.8. The highest BCUT2D eigenvalue weighted by atomic mass is 32.1. The zero-order chi connectivity index (χ0) is 34.0. The molecule has 46 heavy (non-hydrogen) atoms. The number of fused-ring (bicyclic) bond motifs is 2. The molecular weight excluding hydrogens is 631 g/mol. The Bertz CT molecular complexity index is 1640. The molecule has 4 rings (SSSR count). The molecule has 3 aromatic rings. The summed E-state index contributed by atoms with van der Waals surface area (Å²) >= 11 is 1.27. The summed E-state index contributed by atoms with van der Waals surface area (Å²) in [5.74, 6) is -1.20. The van der Waals surface area contributed by atoms with Crippen LogP contribution in [-0.2, 0) is 26.9 Å². The minimum Gasteiger partial charge on any atom is -0.493 e.